The summed E-state index contributed by atoms with van der Waals surface area (Å²) in [4.78, 5) is 2.67. The average molecular weight is 374 g/mol. The maximum Gasteiger partial charge on any atom is 0.0847 e. The van der Waals surface area contributed by atoms with Crippen molar-refractivity contribution in [2.75, 3.05) is 13.1 Å². The molecule has 27 heavy (non-hydrogen) atoms. The van der Waals surface area contributed by atoms with E-state index in [9.17, 15) is 5.11 Å². The van der Waals surface area contributed by atoms with Crippen molar-refractivity contribution in [3.05, 3.63) is 0 Å². The van der Waals surface area contributed by atoms with E-state index in [1.54, 1.807) is 0 Å². The first-order chi connectivity index (χ1) is 13.0. The number of likely N-dealkylation sites (tertiary alicyclic amines) is 1. The van der Waals surface area contributed by atoms with Gasteiger partial charge in [-0.25, -0.2) is 0 Å². The topological polar surface area (TPSA) is 36.0 Å². The Morgan fingerprint density at radius 1 is 0.889 bits per heavy atom. The molecule has 0 unspecified atom stereocenters. The summed E-state index contributed by atoms with van der Waals surface area (Å²) in [5, 5.41) is 11.5. The molecular weight excluding hydrogens is 334 g/mol. The van der Waals surface area contributed by atoms with Gasteiger partial charge < -0.3 is 9.84 Å². The molecule has 0 aromatic heterocycles. The smallest absolute Gasteiger partial charge is 0.0847 e. The first-order valence-electron chi connectivity index (χ1n) is 12.1. The number of ether oxygens (including phenoxy) is 1. The number of fused-ring (bicyclic) bond motifs is 6. The van der Waals surface area contributed by atoms with E-state index in [1.165, 1.54) is 77.3 Å². The van der Waals surface area contributed by atoms with Gasteiger partial charge in [0.05, 0.1) is 18.3 Å². The van der Waals surface area contributed by atoms with Crippen LogP contribution in [0.4, 0.5) is 0 Å². The SMILES string of the molecule is C[C@]12C[C@@H]3O[C@@H]3C[C@@H]1CC[C@@H]1[C@@H]2CC[C@]2(C)[C@@H](O)[C@@H](N3CCCCC3)C[C@@H]12. The molecule has 0 radical (unpaired) electrons. The van der Waals surface area contributed by atoms with E-state index in [4.69, 9.17) is 4.74 Å². The Labute approximate surface area is 165 Å². The van der Waals surface area contributed by atoms with Crippen LogP contribution in [0.15, 0.2) is 0 Å². The molecule has 10 atom stereocenters. The van der Waals surface area contributed by atoms with E-state index in [1.807, 2.05) is 0 Å². The van der Waals surface area contributed by atoms with E-state index in [2.05, 4.69) is 18.7 Å². The zero-order chi connectivity index (χ0) is 18.4. The minimum absolute atomic E-state index is 0.102. The van der Waals surface area contributed by atoms with Gasteiger partial charge in [0.2, 0.25) is 0 Å². The summed E-state index contributed by atoms with van der Waals surface area (Å²) in [7, 11) is 0. The summed E-state index contributed by atoms with van der Waals surface area (Å²) in [6, 6.07) is 0.437. The van der Waals surface area contributed by atoms with Crippen LogP contribution in [-0.4, -0.2) is 47.4 Å². The lowest BCUT2D eigenvalue weighted by molar-refractivity contribution is -0.119. The zero-order valence-electron chi connectivity index (χ0n) is 17.4. The first-order valence-corrected chi connectivity index (χ1v) is 12.1. The van der Waals surface area contributed by atoms with Crippen molar-refractivity contribution in [2.24, 2.45) is 34.5 Å². The number of nitrogens with zero attached hydrogens (tertiary/aromatic N) is 1. The highest BCUT2D eigenvalue weighted by molar-refractivity contribution is 5.14. The van der Waals surface area contributed by atoms with E-state index in [0.29, 0.717) is 23.7 Å². The summed E-state index contributed by atoms with van der Waals surface area (Å²) in [5.74, 6) is 3.38. The first kappa shape index (κ1) is 17.7. The van der Waals surface area contributed by atoms with Crippen molar-refractivity contribution < 1.29 is 9.84 Å². The molecule has 6 fully saturated rings. The van der Waals surface area contributed by atoms with E-state index < -0.39 is 0 Å². The van der Waals surface area contributed by atoms with Gasteiger partial charge in [-0.15, -0.1) is 0 Å². The van der Waals surface area contributed by atoms with Crippen LogP contribution in [0.1, 0.15) is 78.1 Å². The molecule has 4 aliphatic carbocycles. The van der Waals surface area contributed by atoms with Gasteiger partial charge in [0.15, 0.2) is 0 Å². The Kier molecular flexibility index (Phi) is 3.91. The minimum atomic E-state index is -0.102. The van der Waals surface area contributed by atoms with Crippen LogP contribution in [0.3, 0.4) is 0 Å². The largest absolute Gasteiger partial charge is 0.391 e. The van der Waals surface area contributed by atoms with Gasteiger partial charge in [-0.2, -0.15) is 0 Å². The van der Waals surface area contributed by atoms with Crippen molar-refractivity contribution in [2.45, 2.75) is 102 Å². The number of aliphatic hydroxyl groups excluding tert-OH is 1. The fourth-order valence-electron chi connectivity index (χ4n) is 9.11. The molecule has 2 aliphatic heterocycles. The van der Waals surface area contributed by atoms with Gasteiger partial charge in [-0.05, 0) is 105 Å². The number of rotatable bonds is 1. The predicted molar refractivity (Wildman–Crippen MR) is 106 cm³/mol. The number of epoxide rings is 1. The molecule has 6 aliphatic rings. The Balaban J connectivity index is 1.27. The molecule has 6 rings (SSSR count). The summed E-state index contributed by atoms with van der Waals surface area (Å²) in [5.41, 5.74) is 0.676. The number of aliphatic hydroxyl groups is 1. The standard InChI is InChI=1S/C24H39NO2/c1-23-9-8-17-16(7-6-15-12-20-21(27-20)14-24(15,17)2)18(23)13-19(22(23)26)25-10-4-3-5-11-25/h15-22,26H,3-14H2,1-2H3/t15-,16+,17-,18-,19-,20+,21-,22-,23-,24-/m0/s1. The van der Waals surface area contributed by atoms with Crippen LogP contribution in [0.2, 0.25) is 0 Å². The predicted octanol–water partition coefficient (Wildman–Crippen LogP) is 4.23. The van der Waals surface area contributed by atoms with E-state index in [-0.39, 0.29) is 11.5 Å². The van der Waals surface area contributed by atoms with Gasteiger partial charge in [-0.1, -0.05) is 20.3 Å². The fourth-order valence-corrected chi connectivity index (χ4v) is 9.11. The highest BCUT2D eigenvalue weighted by Gasteiger charge is 2.65. The maximum atomic E-state index is 11.5. The van der Waals surface area contributed by atoms with Crippen molar-refractivity contribution >= 4 is 0 Å². The van der Waals surface area contributed by atoms with Crippen molar-refractivity contribution in [1.82, 2.24) is 4.90 Å². The van der Waals surface area contributed by atoms with Crippen molar-refractivity contribution in [3.63, 3.8) is 0 Å². The average Bonchev–Trinajstić information content (AvgIpc) is 3.36. The highest BCUT2D eigenvalue weighted by atomic mass is 16.6. The summed E-state index contributed by atoms with van der Waals surface area (Å²) in [6.07, 6.45) is 14.5. The normalized spacial score (nSPS) is 60.1. The van der Waals surface area contributed by atoms with Gasteiger partial charge in [0.1, 0.15) is 0 Å². The number of piperidine rings is 1. The van der Waals surface area contributed by atoms with Crippen molar-refractivity contribution in [1.29, 1.82) is 0 Å². The van der Waals surface area contributed by atoms with Crippen LogP contribution in [-0.2, 0) is 4.74 Å². The lowest BCUT2D eigenvalue weighted by atomic mass is 9.45. The summed E-state index contributed by atoms with van der Waals surface area (Å²) in [6.45, 7) is 7.53. The molecule has 0 aromatic rings. The second-order valence-corrected chi connectivity index (χ2v) is 11.7. The molecule has 2 heterocycles. The van der Waals surface area contributed by atoms with Crippen LogP contribution in [0.5, 0.6) is 0 Å². The maximum absolute atomic E-state index is 11.5. The third-order valence-electron chi connectivity index (χ3n) is 10.7. The van der Waals surface area contributed by atoms with Gasteiger partial charge >= 0.3 is 0 Å². The fraction of sp³-hybridized carbons (Fsp3) is 1.00. The molecule has 0 amide bonds. The quantitative estimate of drug-likeness (QED) is 0.699. The minimum Gasteiger partial charge on any atom is -0.391 e. The number of hydrogen-bond acceptors (Lipinski definition) is 3. The monoisotopic (exact) mass is 373 g/mol. The number of hydrogen-bond donors (Lipinski definition) is 1. The zero-order valence-corrected chi connectivity index (χ0v) is 17.4. The molecule has 3 nitrogen and oxygen atoms in total. The van der Waals surface area contributed by atoms with Crippen LogP contribution < -0.4 is 0 Å². The van der Waals surface area contributed by atoms with Crippen LogP contribution in [0.25, 0.3) is 0 Å². The van der Waals surface area contributed by atoms with Gasteiger partial charge in [0, 0.05) is 6.04 Å². The third kappa shape index (κ3) is 2.43. The Bertz CT molecular complexity index is 603. The second-order valence-electron chi connectivity index (χ2n) is 11.7. The highest BCUT2D eigenvalue weighted by Crippen LogP contribution is 2.68. The van der Waals surface area contributed by atoms with Gasteiger partial charge in [0.25, 0.3) is 0 Å². The van der Waals surface area contributed by atoms with E-state index >= 15 is 0 Å². The van der Waals surface area contributed by atoms with Crippen LogP contribution >= 0.6 is 0 Å². The van der Waals surface area contributed by atoms with Crippen LogP contribution in [0, 0.1) is 34.5 Å². The lowest BCUT2D eigenvalue weighted by Crippen LogP contribution is -2.54. The molecule has 0 aromatic carbocycles. The second kappa shape index (κ2) is 5.95. The molecule has 2 saturated heterocycles. The Hall–Kier alpha value is -0.120. The molecule has 0 spiro atoms. The third-order valence-corrected chi connectivity index (χ3v) is 10.7. The van der Waals surface area contributed by atoms with Crippen molar-refractivity contribution in [3.8, 4) is 0 Å². The Morgan fingerprint density at radius 3 is 2.52 bits per heavy atom. The Morgan fingerprint density at radius 2 is 1.70 bits per heavy atom. The summed E-state index contributed by atoms with van der Waals surface area (Å²) < 4.78 is 5.99. The molecule has 0 bridgehead atoms. The molecule has 1 N–H and O–H groups in total. The van der Waals surface area contributed by atoms with E-state index in [0.717, 1.165) is 23.7 Å². The lowest BCUT2D eigenvalue weighted by Gasteiger charge is -2.59. The molecule has 152 valence electrons. The summed E-state index contributed by atoms with van der Waals surface area (Å²) >= 11 is 0. The molecule has 3 heteroatoms. The molecular formula is C24H39NO2. The van der Waals surface area contributed by atoms with Gasteiger partial charge in [-0.3, -0.25) is 4.90 Å². The molecule has 4 saturated carbocycles.